The summed E-state index contributed by atoms with van der Waals surface area (Å²) in [7, 11) is 0. The van der Waals surface area contributed by atoms with E-state index < -0.39 is 72.0 Å². The summed E-state index contributed by atoms with van der Waals surface area (Å²) in [5, 5.41) is 0. The molecule has 0 aliphatic heterocycles. The van der Waals surface area contributed by atoms with Gasteiger partial charge in [0.25, 0.3) is 6.17 Å². The van der Waals surface area contributed by atoms with Crippen molar-refractivity contribution in [2.45, 2.75) is 59.9 Å². The number of ether oxygens (including phenoxy) is 1. The number of esters is 1. The van der Waals surface area contributed by atoms with Gasteiger partial charge in [-0.05, 0) is 0 Å². The average molecular weight is 572 g/mol. The molecule has 0 aromatic carbocycles. The van der Waals surface area contributed by atoms with Gasteiger partial charge in [-0.3, -0.25) is 0 Å². The summed E-state index contributed by atoms with van der Waals surface area (Å²) in [4.78, 5) is 10.4. The lowest BCUT2D eigenvalue weighted by atomic mass is 9.88. The number of carbonyl (C=O) groups is 1. The third kappa shape index (κ3) is 4.44. The fourth-order valence-corrected chi connectivity index (χ4v) is 1.77. The van der Waals surface area contributed by atoms with Gasteiger partial charge in [-0.25, -0.2) is 9.18 Å². The Bertz CT molecular complexity index is 808. The molecule has 35 heavy (non-hydrogen) atoms. The monoisotopic (exact) mass is 572 g/mol. The highest BCUT2D eigenvalue weighted by molar-refractivity contribution is 5.81. The Kier molecular flexibility index (Phi) is 7.91. The second-order valence-electron chi connectivity index (χ2n) is 6.12. The lowest BCUT2D eigenvalue weighted by molar-refractivity contribution is -0.466. The van der Waals surface area contributed by atoms with Crippen molar-refractivity contribution in [3.8, 4) is 0 Å². The Hall–Kier alpha value is -2.19. The molecule has 0 radical (unpaired) electrons. The van der Waals surface area contributed by atoms with Crippen LogP contribution < -0.4 is 0 Å². The van der Waals surface area contributed by atoms with Crippen molar-refractivity contribution >= 4 is 5.97 Å². The van der Waals surface area contributed by atoms with Gasteiger partial charge in [-0.2, -0.15) is 83.4 Å². The summed E-state index contributed by atoms with van der Waals surface area (Å²) in [6.07, 6.45) is -21.5. The smallest absolute Gasteiger partial charge is 0.395 e. The molecule has 208 valence electrons. The standard InChI is InChI=1S/C13H4F20O2/c1-2-3(34)35-6(17,18)4(14)5(15,16)7(19,20)8(21,22)9(23,24)10(25,26)11(27,28)12(29,30)13(31,32)33/h2,4H,1H2. The molecule has 0 N–H and O–H groups in total. The second-order valence-corrected chi connectivity index (χ2v) is 6.12. The number of hydrogen-bond acceptors (Lipinski definition) is 2. The molecule has 0 saturated carbocycles. The molecule has 1 atom stereocenters. The Balaban J connectivity index is 6.85. The molecule has 0 fully saturated rings. The van der Waals surface area contributed by atoms with Crippen LogP contribution in [0, 0.1) is 0 Å². The normalized spacial score (nSPS) is 16.7. The van der Waals surface area contributed by atoms with Crippen LogP contribution in [0.15, 0.2) is 12.7 Å². The van der Waals surface area contributed by atoms with Crippen molar-refractivity contribution in [2.24, 2.45) is 0 Å². The van der Waals surface area contributed by atoms with E-state index in [-0.39, 0.29) is 0 Å². The van der Waals surface area contributed by atoms with Crippen LogP contribution in [-0.2, 0) is 9.53 Å². The predicted molar refractivity (Wildman–Crippen MR) is 66.8 cm³/mol. The SMILES string of the molecule is C=CC(=O)OC(F)(F)C(F)C(F)(F)C(F)(F)C(F)(F)C(F)(F)C(F)(F)C(F)(F)C(F)(F)C(F)(F)F. The third-order valence-electron chi connectivity index (χ3n) is 3.76. The Morgan fingerprint density at radius 3 is 1.14 bits per heavy atom. The van der Waals surface area contributed by atoms with Gasteiger partial charge in [0.15, 0.2) is 0 Å². The van der Waals surface area contributed by atoms with Crippen LogP contribution in [0.2, 0.25) is 0 Å². The van der Waals surface area contributed by atoms with E-state index in [0.29, 0.717) is 0 Å². The summed E-state index contributed by atoms with van der Waals surface area (Å²) >= 11 is 0. The molecule has 1 unspecified atom stereocenters. The summed E-state index contributed by atoms with van der Waals surface area (Å²) in [6.45, 7) is 2.29. The second kappa shape index (κ2) is 8.44. The molecular weight excluding hydrogens is 568 g/mol. The molecule has 2 nitrogen and oxygen atoms in total. The van der Waals surface area contributed by atoms with Gasteiger partial charge in [-0.15, -0.1) is 0 Å². The van der Waals surface area contributed by atoms with Crippen molar-refractivity contribution in [3.63, 3.8) is 0 Å². The molecule has 0 heterocycles. The lowest BCUT2D eigenvalue weighted by Crippen LogP contribution is -2.75. The third-order valence-corrected chi connectivity index (χ3v) is 3.76. The summed E-state index contributed by atoms with van der Waals surface area (Å²) in [5.41, 5.74) is 0. The molecule has 0 bridgehead atoms. The molecule has 0 aromatic heterocycles. The molecule has 0 aromatic rings. The van der Waals surface area contributed by atoms with E-state index in [9.17, 15) is 92.6 Å². The fraction of sp³-hybridized carbons (Fsp3) is 0.769. The van der Waals surface area contributed by atoms with E-state index in [2.05, 4.69) is 11.3 Å². The molecule has 0 rings (SSSR count). The zero-order valence-corrected chi connectivity index (χ0v) is 15.2. The highest BCUT2D eigenvalue weighted by Crippen LogP contribution is 2.64. The zero-order chi connectivity index (χ0) is 29.1. The average Bonchev–Trinajstić information content (AvgIpc) is 2.64. The molecule has 0 saturated heterocycles. The minimum Gasteiger partial charge on any atom is -0.395 e. The van der Waals surface area contributed by atoms with Crippen molar-refractivity contribution < 1.29 is 97.3 Å². The number of halogens is 20. The fourth-order valence-electron chi connectivity index (χ4n) is 1.77. The van der Waals surface area contributed by atoms with E-state index in [0.717, 1.165) is 0 Å². The Morgan fingerprint density at radius 1 is 0.571 bits per heavy atom. The van der Waals surface area contributed by atoms with E-state index in [1.807, 2.05) is 0 Å². The van der Waals surface area contributed by atoms with E-state index in [4.69, 9.17) is 0 Å². The topological polar surface area (TPSA) is 26.3 Å². The Morgan fingerprint density at radius 2 is 0.857 bits per heavy atom. The van der Waals surface area contributed by atoms with Crippen LogP contribution >= 0.6 is 0 Å². The maximum atomic E-state index is 13.4. The van der Waals surface area contributed by atoms with Crippen LogP contribution in [0.3, 0.4) is 0 Å². The predicted octanol–water partition coefficient (Wildman–Crippen LogP) is 6.66. The zero-order valence-electron chi connectivity index (χ0n) is 15.2. The molecule has 0 spiro atoms. The van der Waals surface area contributed by atoms with Gasteiger partial charge in [0, 0.05) is 6.08 Å². The van der Waals surface area contributed by atoms with Crippen molar-refractivity contribution in [3.05, 3.63) is 12.7 Å². The van der Waals surface area contributed by atoms with Crippen LogP contribution in [-0.4, -0.2) is 65.9 Å². The molecule has 22 heteroatoms. The van der Waals surface area contributed by atoms with Crippen LogP contribution in [0.1, 0.15) is 0 Å². The number of rotatable bonds is 10. The summed E-state index contributed by atoms with van der Waals surface area (Å²) in [6, 6.07) is 0. The first-order chi connectivity index (χ1) is 14.9. The molecule has 0 amide bonds. The number of hydrogen-bond donors (Lipinski definition) is 0. The lowest BCUT2D eigenvalue weighted by Gasteiger charge is -2.43. The van der Waals surface area contributed by atoms with Gasteiger partial charge in [0.2, 0.25) is 0 Å². The van der Waals surface area contributed by atoms with Crippen molar-refractivity contribution in [1.82, 2.24) is 0 Å². The van der Waals surface area contributed by atoms with Crippen molar-refractivity contribution in [2.75, 3.05) is 0 Å². The minimum atomic E-state index is -9.07. The Labute approximate surface area is 177 Å². The van der Waals surface area contributed by atoms with E-state index in [1.165, 1.54) is 0 Å². The van der Waals surface area contributed by atoms with Gasteiger partial charge >= 0.3 is 59.7 Å². The largest absolute Gasteiger partial charge is 0.460 e. The van der Waals surface area contributed by atoms with Crippen molar-refractivity contribution in [1.29, 1.82) is 0 Å². The maximum Gasteiger partial charge on any atom is 0.460 e. The van der Waals surface area contributed by atoms with E-state index in [1.54, 1.807) is 0 Å². The first-order valence-corrected chi connectivity index (χ1v) is 7.45. The summed E-state index contributed by atoms with van der Waals surface area (Å²) in [5.74, 6) is -63.8. The summed E-state index contributed by atoms with van der Waals surface area (Å²) < 4.78 is 262. The minimum absolute atomic E-state index is 0.427. The van der Waals surface area contributed by atoms with Gasteiger partial charge < -0.3 is 4.74 Å². The van der Waals surface area contributed by atoms with Crippen LogP contribution in [0.25, 0.3) is 0 Å². The van der Waals surface area contributed by atoms with Gasteiger partial charge in [-0.1, -0.05) is 6.58 Å². The van der Waals surface area contributed by atoms with Gasteiger partial charge in [0.05, 0.1) is 0 Å². The molecule has 0 aliphatic rings. The first-order valence-electron chi connectivity index (χ1n) is 7.45. The number of carbonyl (C=O) groups excluding carboxylic acids is 1. The highest BCUT2D eigenvalue weighted by Gasteiger charge is 2.96. The highest BCUT2D eigenvalue weighted by atomic mass is 19.4. The first kappa shape index (κ1) is 32.8. The molecular formula is C13H4F20O2. The molecule has 0 aliphatic carbocycles. The number of alkyl halides is 20. The van der Waals surface area contributed by atoms with Crippen LogP contribution in [0.5, 0.6) is 0 Å². The quantitative estimate of drug-likeness (QED) is 0.167. The van der Waals surface area contributed by atoms with Gasteiger partial charge in [0.1, 0.15) is 0 Å². The van der Waals surface area contributed by atoms with Crippen LogP contribution in [0.4, 0.5) is 87.8 Å². The van der Waals surface area contributed by atoms with E-state index >= 15 is 0 Å². The maximum absolute atomic E-state index is 13.4.